The molecule has 0 bridgehead atoms. The van der Waals surface area contributed by atoms with Crippen LogP contribution in [0.15, 0.2) is 48.5 Å². The molecule has 0 spiro atoms. The lowest BCUT2D eigenvalue weighted by molar-refractivity contribution is -0.141. The van der Waals surface area contributed by atoms with Gasteiger partial charge < -0.3 is 19.7 Å². The monoisotopic (exact) mass is 561 g/mol. The van der Waals surface area contributed by atoms with E-state index in [1.54, 1.807) is 36.3 Å². The van der Waals surface area contributed by atoms with Crippen LogP contribution in [0.3, 0.4) is 0 Å². The minimum absolute atomic E-state index is 0.0890. The van der Waals surface area contributed by atoms with E-state index >= 15 is 0 Å². The lowest BCUT2D eigenvalue weighted by atomic mass is 10.1. The summed E-state index contributed by atoms with van der Waals surface area (Å²) in [4.78, 5) is 28.2. The van der Waals surface area contributed by atoms with Gasteiger partial charge in [0.15, 0.2) is 0 Å². The molecule has 0 aliphatic rings. The predicted octanol–water partition coefficient (Wildman–Crippen LogP) is 4.36. The van der Waals surface area contributed by atoms with Crippen LogP contribution < -0.4 is 19.1 Å². The van der Waals surface area contributed by atoms with Gasteiger partial charge >= 0.3 is 0 Å². The Kier molecular flexibility index (Phi) is 13.1. The van der Waals surface area contributed by atoms with Crippen molar-refractivity contribution in [3.05, 3.63) is 54.1 Å². The third-order valence-electron chi connectivity index (χ3n) is 6.29. The van der Waals surface area contributed by atoms with Crippen molar-refractivity contribution in [2.24, 2.45) is 0 Å². The number of nitrogens with zero attached hydrogens (tertiary/aromatic N) is 2. The number of sulfonamides is 1. The normalized spacial score (nSPS) is 11.9. The van der Waals surface area contributed by atoms with Crippen LogP contribution in [-0.4, -0.2) is 64.2 Å². The van der Waals surface area contributed by atoms with Gasteiger partial charge in [0.1, 0.15) is 17.5 Å². The van der Waals surface area contributed by atoms with Gasteiger partial charge in [-0.1, -0.05) is 32.4 Å². The Morgan fingerprint density at radius 3 is 2.31 bits per heavy atom. The second-order valence-electron chi connectivity index (χ2n) is 9.31. The summed E-state index contributed by atoms with van der Waals surface area (Å²) >= 11 is 0. The van der Waals surface area contributed by atoms with Crippen LogP contribution in [-0.2, 0) is 26.2 Å². The molecule has 0 unspecified atom stereocenters. The van der Waals surface area contributed by atoms with Gasteiger partial charge in [-0.2, -0.15) is 0 Å². The molecule has 1 N–H and O–H groups in total. The van der Waals surface area contributed by atoms with Crippen molar-refractivity contribution < 1.29 is 27.5 Å². The van der Waals surface area contributed by atoms with Gasteiger partial charge in [-0.25, -0.2) is 8.42 Å². The first-order chi connectivity index (χ1) is 18.6. The van der Waals surface area contributed by atoms with Crippen LogP contribution >= 0.6 is 0 Å². The standard InChI is InChI=1S/C29H43N3O6S/c1-6-9-19-30-29(34)27(7-2)31(22-23-12-10-13-26(21-23)37-4)28(33)14-11-20-32(39(5,35)36)24-15-17-25(18-16-24)38-8-3/h10,12-13,15-18,21,27H,6-9,11,14,19-20,22H2,1-5H3,(H,30,34)/t27-/m1/s1. The van der Waals surface area contributed by atoms with Crippen LogP contribution in [0.2, 0.25) is 0 Å². The Bertz CT molecular complexity index is 1150. The van der Waals surface area contributed by atoms with Crippen LogP contribution in [0, 0.1) is 0 Å². The fraction of sp³-hybridized carbons (Fsp3) is 0.517. The molecule has 0 aliphatic heterocycles. The number of nitrogens with one attached hydrogen (secondary N) is 1. The molecular weight excluding hydrogens is 518 g/mol. The molecule has 39 heavy (non-hydrogen) atoms. The lowest BCUT2D eigenvalue weighted by Crippen LogP contribution is -2.49. The largest absolute Gasteiger partial charge is 0.497 e. The van der Waals surface area contributed by atoms with Crippen molar-refractivity contribution in [3.63, 3.8) is 0 Å². The predicted molar refractivity (Wildman–Crippen MR) is 155 cm³/mol. The summed E-state index contributed by atoms with van der Waals surface area (Å²) < 4.78 is 37.2. The van der Waals surface area contributed by atoms with E-state index in [2.05, 4.69) is 12.2 Å². The first-order valence-electron chi connectivity index (χ1n) is 13.5. The third kappa shape index (κ3) is 10.1. The number of amides is 2. The van der Waals surface area contributed by atoms with Crippen molar-refractivity contribution in [3.8, 4) is 11.5 Å². The highest BCUT2D eigenvalue weighted by Crippen LogP contribution is 2.23. The van der Waals surface area contributed by atoms with E-state index in [9.17, 15) is 18.0 Å². The molecule has 9 nitrogen and oxygen atoms in total. The molecule has 0 saturated heterocycles. The highest BCUT2D eigenvalue weighted by molar-refractivity contribution is 7.92. The van der Waals surface area contributed by atoms with Gasteiger partial charge in [-0.05, 0) is 68.1 Å². The molecule has 2 aromatic rings. The molecular formula is C29H43N3O6S. The molecule has 0 aliphatic carbocycles. The molecule has 0 saturated carbocycles. The van der Waals surface area contributed by atoms with Crippen LogP contribution in [0.25, 0.3) is 0 Å². The Morgan fingerprint density at radius 1 is 1.00 bits per heavy atom. The molecule has 2 amide bonds. The highest BCUT2D eigenvalue weighted by atomic mass is 32.2. The van der Waals surface area contributed by atoms with Crippen LogP contribution in [0.5, 0.6) is 11.5 Å². The number of unbranched alkanes of at least 4 members (excludes halogenated alkanes) is 1. The zero-order valence-corrected chi connectivity index (χ0v) is 24.6. The maximum absolute atomic E-state index is 13.6. The van der Waals surface area contributed by atoms with E-state index in [-0.39, 0.29) is 31.3 Å². The fourth-order valence-corrected chi connectivity index (χ4v) is 5.24. The van der Waals surface area contributed by atoms with Crippen LogP contribution in [0.1, 0.15) is 58.4 Å². The number of hydrogen-bond donors (Lipinski definition) is 1. The number of benzene rings is 2. The Balaban J connectivity index is 2.20. The zero-order valence-electron chi connectivity index (χ0n) is 23.8. The van der Waals surface area contributed by atoms with E-state index in [1.807, 2.05) is 38.1 Å². The number of carbonyl (C=O) groups is 2. The number of carbonyl (C=O) groups excluding carboxylic acids is 2. The number of methoxy groups -OCH3 is 1. The maximum atomic E-state index is 13.6. The highest BCUT2D eigenvalue weighted by Gasteiger charge is 2.29. The second-order valence-corrected chi connectivity index (χ2v) is 11.2. The first kappa shape index (κ1) is 31.9. The van der Waals surface area contributed by atoms with Crippen molar-refractivity contribution in [2.75, 3.05) is 37.4 Å². The molecule has 0 heterocycles. The lowest BCUT2D eigenvalue weighted by Gasteiger charge is -2.31. The molecule has 0 radical (unpaired) electrons. The molecule has 0 aromatic heterocycles. The smallest absolute Gasteiger partial charge is 0.242 e. The quantitative estimate of drug-likeness (QED) is 0.288. The summed E-state index contributed by atoms with van der Waals surface area (Å²) in [5, 5.41) is 2.95. The maximum Gasteiger partial charge on any atom is 0.242 e. The third-order valence-corrected chi connectivity index (χ3v) is 7.48. The van der Waals surface area contributed by atoms with Crippen molar-refractivity contribution >= 4 is 27.5 Å². The number of anilines is 1. The van der Waals surface area contributed by atoms with Crippen molar-refractivity contribution in [1.29, 1.82) is 0 Å². The summed E-state index contributed by atoms with van der Waals surface area (Å²) in [7, 11) is -2.00. The molecule has 1 atom stereocenters. The molecule has 2 rings (SSSR count). The SMILES string of the molecule is CCCCNC(=O)[C@@H](CC)N(Cc1cccc(OC)c1)C(=O)CCCN(c1ccc(OCC)cc1)S(C)(=O)=O. The van der Waals surface area contributed by atoms with Crippen molar-refractivity contribution in [1.82, 2.24) is 10.2 Å². The minimum atomic E-state index is -3.58. The second kappa shape index (κ2) is 16.0. The van der Waals surface area contributed by atoms with Crippen molar-refractivity contribution in [2.45, 2.75) is 65.5 Å². The van der Waals surface area contributed by atoms with E-state index in [1.165, 1.54) is 4.31 Å². The average molecular weight is 562 g/mol. The molecule has 2 aromatic carbocycles. The fourth-order valence-electron chi connectivity index (χ4n) is 4.27. The van der Waals surface area contributed by atoms with Gasteiger partial charge in [0.2, 0.25) is 21.8 Å². The van der Waals surface area contributed by atoms with Gasteiger partial charge in [0, 0.05) is 26.1 Å². The number of hydrogen-bond acceptors (Lipinski definition) is 6. The summed E-state index contributed by atoms with van der Waals surface area (Å²) in [6.45, 7) is 7.25. The Morgan fingerprint density at radius 2 is 1.72 bits per heavy atom. The van der Waals surface area contributed by atoms with Gasteiger partial charge in [0.25, 0.3) is 0 Å². The van der Waals surface area contributed by atoms with Gasteiger partial charge in [-0.3, -0.25) is 13.9 Å². The molecule has 10 heteroatoms. The summed E-state index contributed by atoms with van der Waals surface area (Å²) in [6, 6.07) is 13.6. The van der Waals surface area contributed by atoms with Gasteiger partial charge in [-0.15, -0.1) is 0 Å². The van der Waals surface area contributed by atoms with E-state index < -0.39 is 16.1 Å². The zero-order chi connectivity index (χ0) is 28.8. The molecule has 216 valence electrons. The summed E-state index contributed by atoms with van der Waals surface area (Å²) in [6.07, 6.45) is 3.80. The number of rotatable bonds is 17. The number of ether oxygens (including phenoxy) is 2. The molecule has 0 fully saturated rings. The topological polar surface area (TPSA) is 105 Å². The summed E-state index contributed by atoms with van der Waals surface area (Å²) in [5.74, 6) is 0.921. The van der Waals surface area contributed by atoms with Crippen LogP contribution in [0.4, 0.5) is 5.69 Å². The Labute approximate surface area is 233 Å². The van der Waals surface area contributed by atoms with Gasteiger partial charge in [0.05, 0.1) is 25.7 Å². The average Bonchev–Trinajstić information content (AvgIpc) is 2.91. The minimum Gasteiger partial charge on any atom is -0.497 e. The van der Waals surface area contributed by atoms with E-state index in [0.717, 1.165) is 24.7 Å². The van der Waals surface area contributed by atoms with E-state index in [4.69, 9.17) is 9.47 Å². The summed E-state index contributed by atoms with van der Waals surface area (Å²) in [5.41, 5.74) is 1.35. The van der Waals surface area contributed by atoms with E-state index in [0.29, 0.717) is 43.2 Å². The Hall–Kier alpha value is -3.27. The first-order valence-corrected chi connectivity index (χ1v) is 15.4.